The summed E-state index contributed by atoms with van der Waals surface area (Å²) in [5.74, 6) is -0.979. The number of ether oxygens (including phenoxy) is 2. The van der Waals surface area contributed by atoms with Crippen LogP contribution in [-0.4, -0.2) is 20.5 Å². The van der Waals surface area contributed by atoms with E-state index >= 15 is 0 Å². The van der Waals surface area contributed by atoms with Crippen LogP contribution in [0.2, 0.25) is 0 Å². The Bertz CT molecular complexity index is 702. The molecule has 0 saturated carbocycles. The molecule has 0 N–H and O–H groups in total. The average molecular weight is 357 g/mol. The molecule has 3 nitrogen and oxygen atoms in total. The first-order valence-electron chi connectivity index (χ1n) is 5.88. The SMILES string of the molecule is COc1cc(C=O)c(-c2c(F)ccc(Br)c2F)cc1OC. The largest absolute Gasteiger partial charge is 0.493 e. The van der Waals surface area contributed by atoms with Gasteiger partial charge in [-0.1, -0.05) is 0 Å². The number of hydrogen-bond donors (Lipinski definition) is 0. The predicted molar refractivity (Wildman–Crippen MR) is 78.0 cm³/mol. The molecular formula is C15H11BrF2O3. The molecule has 0 bridgehead atoms. The summed E-state index contributed by atoms with van der Waals surface area (Å²) < 4.78 is 38.5. The van der Waals surface area contributed by atoms with Crippen molar-refractivity contribution in [3.8, 4) is 22.6 Å². The molecule has 21 heavy (non-hydrogen) atoms. The first-order chi connectivity index (χ1) is 10.0. The van der Waals surface area contributed by atoms with E-state index in [2.05, 4.69) is 15.9 Å². The van der Waals surface area contributed by atoms with Crippen LogP contribution >= 0.6 is 15.9 Å². The molecule has 0 heterocycles. The quantitative estimate of drug-likeness (QED) is 0.607. The number of methoxy groups -OCH3 is 2. The summed E-state index contributed by atoms with van der Waals surface area (Å²) in [6, 6.07) is 5.13. The van der Waals surface area contributed by atoms with Gasteiger partial charge in [-0.2, -0.15) is 0 Å². The van der Waals surface area contributed by atoms with E-state index in [0.29, 0.717) is 12.0 Å². The molecule has 0 fully saturated rings. The highest BCUT2D eigenvalue weighted by Gasteiger charge is 2.20. The van der Waals surface area contributed by atoms with Crippen molar-refractivity contribution in [3.05, 3.63) is 45.9 Å². The molecule has 2 aromatic carbocycles. The van der Waals surface area contributed by atoms with Crippen molar-refractivity contribution in [1.82, 2.24) is 0 Å². The lowest BCUT2D eigenvalue weighted by Crippen LogP contribution is -1.99. The maximum absolute atomic E-state index is 14.2. The zero-order valence-corrected chi connectivity index (χ0v) is 12.8. The smallest absolute Gasteiger partial charge is 0.161 e. The number of rotatable bonds is 4. The summed E-state index contributed by atoms with van der Waals surface area (Å²) in [5.41, 5.74) is -0.102. The third kappa shape index (κ3) is 2.76. The van der Waals surface area contributed by atoms with Gasteiger partial charge >= 0.3 is 0 Å². The van der Waals surface area contributed by atoms with Crippen LogP contribution < -0.4 is 9.47 Å². The van der Waals surface area contributed by atoms with Gasteiger partial charge in [0.1, 0.15) is 11.6 Å². The van der Waals surface area contributed by atoms with Gasteiger partial charge in [-0.15, -0.1) is 0 Å². The molecule has 0 radical (unpaired) electrons. The molecule has 2 rings (SSSR count). The van der Waals surface area contributed by atoms with Crippen molar-refractivity contribution in [2.24, 2.45) is 0 Å². The summed E-state index contributed by atoms with van der Waals surface area (Å²) in [6.07, 6.45) is 0.511. The average Bonchev–Trinajstić information content (AvgIpc) is 2.50. The lowest BCUT2D eigenvalue weighted by Gasteiger charge is -2.14. The molecule has 110 valence electrons. The predicted octanol–water partition coefficient (Wildman–Crippen LogP) is 4.22. The lowest BCUT2D eigenvalue weighted by atomic mass is 9.98. The van der Waals surface area contributed by atoms with Crippen molar-refractivity contribution in [1.29, 1.82) is 0 Å². The van der Waals surface area contributed by atoms with Crippen LogP contribution in [0, 0.1) is 11.6 Å². The van der Waals surface area contributed by atoms with Gasteiger partial charge < -0.3 is 9.47 Å². The maximum Gasteiger partial charge on any atom is 0.161 e. The standard InChI is InChI=1S/C15H11BrF2O3/c1-20-12-5-8(7-19)9(6-13(12)21-2)14-11(17)4-3-10(16)15(14)18/h3-7H,1-2H3. The zero-order valence-electron chi connectivity index (χ0n) is 11.2. The number of benzene rings is 2. The van der Waals surface area contributed by atoms with Crippen molar-refractivity contribution in [2.45, 2.75) is 0 Å². The summed E-state index contributed by atoms with van der Waals surface area (Å²) in [4.78, 5) is 11.2. The topological polar surface area (TPSA) is 35.5 Å². The van der Waals surface area contributed by atoms with E-state index in [1.165, 1.54) is 32.4 Å². The van der Waals surface area contributed by atoms with Gasteiger partial charge in [0.2, 0.25) is 0 Å². The number of halogens is 3. The lowest BCUT2D eigenvalue weighted by molar-refractivity contribution is 0.112. The summed E-state index contributed by atoms with van der Waals surface area (Å²) >= 11 is 3.00. The molecule has 0 aromatic heterocycles. The Morgan fingerprint density at radius 3 is 2.29 bits per heavy atom. The molecule has 0 spiro atoms. The molecule has 0 unspecified atom stereocenters. The Balaban J connectivity index is 2.80. The molecule has 2 aromatic rings. The fraction of sp³-hybridized carbons (Fsp3) is 0.133. The molecule has 0 amide bonds. The highest BCUT2D eigenvalue weighted by Crippen LogP contribution is 2.38. The van der Waals surface area contributed by atoms with Gasteiger partial charge in [0.05, 0.1) is 24.3 Å². The van der Waals surface area contributed by atoms with Crippen molar-refractivity contribution in [2.75, 3.05) is 14.2 Å². The van der Waals surface area contributed by atoms with Crippen LogP contribution in [0.25, 0.3) is 11.1 Å². The number of aldehydes is 1. The Kier molecular flexibility index (Phi) is 4.57. The van der Waals surface area contributed by atoms with Crippen LogP contribution in [-0.2, 0) is 0 Å². The summed E-state index contributed by atoms with van der Waals surface area (Å²) in [6.45, 7) is 0. The fourth-order valence-corrected chi connectivity index (χ4v) is 2.31. The minimum absolute atomic E-state index is 0.0963. The van der Waals surface area contributed by atoms with Crippen molar-refractivity contribution >= 4 is 22.2 Å². The van der Waals surface area contributed by atoms with Crippen molar-refractivity contribution < 1.29 is 23.0 Å². The Labute approximate surface area is 128 Å². The van der Waals surface area contributed by atoms with E-state index in [1.807, 2.05) is 0 Å². The van der Waals surface area contributed by atoms with Gasteiger partial charge in [-0.25, -0.2) is 8.78 Å². The molecule has 0 aliphatic heterocycles. The second kappa shape index (κ2) is 6.22. The molecule has 6 heteroatoms. The van der Waals surface area contributed by atoms with E-state index < -0.39 is 11.6 Å². The van der Waals surface area contributed by atoms with Gasteiger partial charge in [-0.3, -0.25) is 4.79 Å². The van der Waals surface area contributed by atoms with Gasteiger partial charge in [0, 0.05) is 11.1 Å². The Morgan fingerprint density at radius 2 is 1.71 bits per heavy atom. The fourth-order valence-electron chi connectivity index (χ4n) is 1.98. The molecule has 0 aliphatic carbocycles. The van der Waals surface area contributed by atoms with Crippen molar-refractivity contribution in [3.63, 3.8) is 0 Å². The molecule has 0 aliphatic rings. The summed E-state index contributed by atoms with van der Waals surface area (Å²) in [5, 5.41) is 0. The van der Waals surface area contributed by atoms with E-state index in [0.717, 1.165) is 6.07 Å². The third-order valence-electron chi connectivity index (χ3n) is 3.00. The van der Waals surface area contributed by atoms with Crippen LogP contribution in [0.3, 0.4) is 0 Å². The maximum atomic E-state index is 14.2. The first kappa shape index (κ1) is 15.4. The van der Waals surface area contributed by atoms with E-state index in [9.17, 15) is 13.6 Å². The third-order valence-corrected chi connectivity index (χ3v) is 3.61. The number of carbonyl (C=O) groups is 1. The highest BCUT2D eigenvalue weighted by molar-refractivity contribution is 9.10. The van der Waals surface area contributed by atoms with Gasteiger partial charge in [0.25, 0.3) is 0 Å². The Hall–Kier alpha value is -1.95. The Morgan fingerprint density at radius 1 is 1.10 bits per heavy atom. The van der Waals surface area contributed by atoms with E-state index in [4.69, 9.17) is 9.47 Å². The van der Waals surface area contributed by atoms with Gasteiger partial charge in [-0.05, 0) is 40.2 Å². The normalized spacial score (nSPS) is 10.3. The zero-order chi connectivity index (χ0) is 15.6. The number of carbonyl (C=O) groups excluding carboxylic acids is 1. The van der Waals surface area contributed by atoms with Crippen LogP contribution in [0.1, 0.15) is 10.4 Å². The molecular weight excluding hydrogens is 346 g/mol. The van der Waals surface area contributed by atoms with Crippen LogP contribution in [0.5, 0.6) is 11.5 Å². The molecule has 0 saturated heterocycles. The van der Waals surface area contributed by atoms with E-state index in [1.54, 1.807) is 0 Å². The first-order valence-corrected chi connectivity index (χ1v) is 6.67. The highest BCUT2D eigenvalue weighted by atomic mass is 79.9. The van der Waals surface area contributed by atoms with Crippen LogP contribution in [0.15, 0.2) is 28.7 Å². The monoisotopic (exact) mass is 356 g/mol. The van der Waals surface area contributed by atoms with Crippen LogP contribution in [0.4, 0.5) is 8.78 Å². The van der Waals surface area contributed by atoms with E-state index in [-0.39, 0.29) is 26.9 Å². The second-order valence-corrected chi connectivity index (χ2v) is 4.98. The summed E-state index contributed by atoms with van der Waals surface area (Å²) in [7, 11) is 2.81. The second-order valence-electron chi connectivity index (χ2n) is 4.13. The minimum Gasteiger partial charge on any atom is -0.493 e. The van der Waals surface area contributed by atoms with Gasteiger partial charge in [0.15, 0.2) is 17.8 Å². The number of hydrogen-bond acceptors (Lipinski definition) is 3. The minimum atomic E-state index is -0.787. The molecule has 0 atom stereocenters.